The number of carbonyl (C=O) groups is 1. The molecule has 0 amide bonds. The fraction of sp³-hybridized carbons (Fsp3) is 0. The van der Waals surface area contributed by atoms with Crippen molar-refractivity contribution in [2.24, 2.45) is 0 Å². The third kappa shape index (κ3) is 15.0. The van der Waals surface area contributed by atoms with E-state index in [4.69, 9.17) is 20.1 Å². The Kier molecular flexibility index (Phi) is 19.3. The molecule has 11 heteroatoms. The van der Waals surface area contributed by atoms with Crippen molar-refractivity contribution in [3.8, 4) is 0 Å². The molecule has 0 radical (unpaired) electrons. The third-order valence-corrected chi connectivity index (χ3v) is 0.403. The van der Waals surface area contributed by atoms with Gasteiger partial charge < -0.3 is 32.3 Å². The summed E-state index contributed by atoms with van der Waals surface area (Å²) in [5, 5.41) is 31.6. The summed E-state index contributed by atoms with van der Waals surface area (Å²) in [5.41, 5.74) is 0. The Balaban J connectivity index is -0.0000000675. The number of rotatable bonds is 2. The monoisotopic (exact) mass is 230 g/mol. The molecule has 0 aromatic rings. The minimum atomic E-state index is -2.33. The van der Waals surface area contributed by atoms with Crippen molar-refractivity contribution < 1.29 is 140 Å². The number of hydrogen-bond donors (Lipinski definition) is 4. The summed E-state index contributed by atoms with van der Waals surface area (Å²) in [6.45, 7) is 0. The van der Waals surface area contributed by atoms with Gasteiger partial charge in [0.15, 0.2) is 0 Å². The molecule has 0 aromatic heterocycles. The molecule has 4 N–H and O–H groups in total. The van der Waals surface area contributed by atoms with Crippen LogP contribution in [0, 0.1) is 0 Å². The van der Waals surface area contributed by atoms with Gasteiger partial charge in [-0.15, -0.1) is 0 Å². The van der Waals surface area contributed by atoms with Gasteiger partial charge >= 0.3 is 124 Å². The summed E-state index contributed by atoms with van der Waals surface area (Å²) in [6.07, 6.45) is -1.59. The van der Waals surface area contributed by atoms with Crippen molar-refractivity contribution in [2.75, 3.05) is 0 Å². The van der Waals surface area contributed by atoms with Crippen LogP contribution in [0.15, 0.2) is 0 Å². The molecule has 0 unspecified atom stereocenters. The summed E-state index contributed by atoms with van der Waals surface area (Å²) in [7, 11) is -4.66. The summed E-state index contributed by atoms with van der Waals surface area (Å²) in [5.74, 6) is 0. The minimum Gasteiger partial charge on any atom is -1.00 e. The van der Waals surface area contributed by atoms with E-state index in [0.717, 1.165) is 0 Å². The molecule has 0 aromatic carbocycles. The zero-order valence-corrected chi connectivity index (χ0v) is 12.9. The van der Waals surface area contributed by atoms with Crippen LogP contribution < -0.4 is 103 Å². The van der Waals surface area contributed by atoms with Crippen molar-refractivity contribution in [1.29, 1.82) is 0 Å². The van der Waals surface area contributed by atoms with E-state index in [0.29, 0.717) is 0 Å². The molecule has 0 fully saturated rings. The van der Waals surface area contributed by atoms with E-state index >= 15 is 0 Å². The summed E-state index contributed by atoms with van der Waals surface area (Å²) < 4.78 is 6.98. The topological polar surface area (TPSA) is 116 Å². The molecule has 0 spiro atoms. The predicted octanol–water partition coefficient (Wildman–Crippen LogP) is -8.69. The Labute approximate surface area is 157 Å². The summed E-state index contributed by atoms with van der Waals surface area (Å²) in [6, 6.07) is 0. The quantitative estimate of drug-likeness (QED) is 0.348. The smallest absolute Gasteiger partial charge is 1.00 e. The second-order valence-corrected chi connectivity index (χ2v) is 1.14. The molecule has 0 aliphatic carbocycles. The van der Waals surface area contributed by atoms with E-state index in [9.17, 15) is 4.79 Å². The first-order chi connectivity index (χ1) is 4.52. The average Bonchev–Trinajstić information content (AvgIpc) is 1.58. The van der Waals surface area contributed by atoms with Crippen LogP contribution in [0.4, 0.5) is 4.79 Å². The van der Waals surface area contributed by atoms with Gasteiger partial charge in [-0.05, 0) is 0 Å². The van der Waals surface area contributed by atoms with Gasteiger partial charge in [0.05, 0.1) is 0 Å². The van der Waals surface area contributed by atoms with Gasteiger partial charge in [0.25, 0.3) is 0 Å². The molecule has 0 rings (SSSR count). The van der Waals surface area contributed by atoms with Gasteiger partial charge in [-0.2, -0.15) is 0 Å². The van der Waals surface area contributed by atoms with E-state index in [-0.39, 0.29) is 106 Å². The molecular weight excluding hydrogens is 224 g/mol. The van der Waals surface area contributed by atoms with Gasteiger partial charge in [0.1, 0.15) is 0 Å². The maximum atomic E-state index is 9.98. The Bertz CT molecular complexity index is 114. The number of carbonyl (C=O) groups excluding carboxylic acids is 1. The van der Waals surface area contributed by atoms with Gasteiger partial charge in [0, 0.05) is 0 Å². The zero-order valence-electron chi connectivity index (χ0n) is 8.67. The van der Waals surface area contributed by atoms with Crippen LogP contribution in [-0.2, 0) is 9.31 Å². The first kappa shape index (κ1) is 20.0. The second kappa shape index (κ2) is 11.6. The Hall–Kier alpha value is 2.51. The molecule has 0 heterocycles. The van der Waals surface area contributed by atoms with E-state index in [1.165, 1.54) is 0 Å². The van der Waals surface area contributed by atoms with Crippen LogP contribution in [0.25, 0.3) is 0 Å². The van der Waals surface area contributed by atoms with Gasteiger partial charge in [-0.1, -0.05) is 0 Å². The Morgan fingerprint density at radius 3 is 1.42 bits per heavy atom. The van der Waals surface area contributed by atoms with Crippen LogP contribution in [0.3, 0.4) is 0 Å². The molecule has 0 saturated heterocycles. The summed E-state index contributed by atoms with van der Waals surface area (Å²) in [4.78, 5) is 9.98. The minimum absolute atomic E-state index is 0. The van der Waals surface area contributed by atoms with Crippen LogP contribution in [0.2, 0.25) is 0 Å². The molecule has 12 heavy (non-hydrogen) atoms. The van der Waals surface area contributed by atoms with Gasteiger partial charge in [-0.25, -0.2) is 4.79 Å². The van der Waals surface area contributed by atoms with E-state index in [2.05, 4.69) is 9.31 Å². The van der Waals surface area contributed by atoms with Crippen molar-refractivity contribution in [3.63, 3.8) is 0 Å². The van der Waals surface area contributed by atoms with Crippen molar-refractivity contribution in [2.45, 2.75) is 0 Å². The predicted molar refractivity (Wildman–Crippen MR) is 30.2 cm³/mol. The fourth-order valence-electron chi connectivity index (χ4n) is 0.200. The Morgan fingerprint density at radius 2 is 1.25 bits per heavy atom. The third-order valence-electron chi connectivity index (χ3n) is 0.403. The molecule has 0 bridgehead atoms. The normalized spacial score (nSPS) is 7.00. The maximum absolute atomic E-state index is 9.98. The van der Waals surface area contributed by atoms with Crippen molar-refractivity contribution in [1.82, 2.24) is 0 Å². The molecule has 0 aliphatic rings. The average molecular weight is 230 g/mol. The van der Waals surface area contributed by atoms with Crippen LogP contribution in [0.5, 0.6) is 0 Å². The van der Waals surface area contributed by atoms with Gasteiger partial charge in [0.2, 0.25) is 0 Å². The van der Waals surface area contributed by atoms with E-state index in [1.54, 1.807) is 0 Å². The van der Waals surface area contributed by atoms with E-state index < -0.39 is 20.8 Å². The Morgan fingerprint density at radius 1 is 1.00 bits per heavy atom. The first-order valence-corrected chi connectivity index (χ1v) is 2.12. The summed E-state index contributed by atoms with van der Waals surface area (Å²) >= 11 is 0. The standard InChI is InChI=1S/CH4B2O7.2K.2H/c4-1(9-2(5)6)10-3(7)8;;;;/h5-8H;;;;/q;2*+1;2*-1. The largest absolute Gasteiger partial charge is 1.00 e. The number of hydrogen-bond acceptors (Lipinski definition) is 7. The molecule has 0 saturated carbocycles. The zero-order chi connectivity index (χ0) is 8.15. The maximum Gasteiger partial charge on any atom is 1.00 e. The molecule has 0 aliphatic heterocycles. The first-order valence-electron chi connectivity index (χ1n) is 2.12. The van der Waals surface area contributed by atoms with Crippen molar-refractivity contribution >= 4 is 20.8 Å². The van der Waals surface area contributed by atoms with Crippen LogP contribution >= 0.6 is 0 Å². The van der Waals surface area contributed by atoms with Crippen LogP contribution in [0.1, 0.15) is 2.85 Å². The fourth-order valence-corrected chi connectivity index (χ4v) is 0.200. The molecule has 60 valence electrons. The second-order valence-electron chi connectivity index (χ2n) is 1.14. The molecule has 7 nitrogen and oxygen atoms in total. The molecule has 0 atom stereocenters. The van der Waals surface area contributed by atoms with Crippen LogP contribution in [-0.4, -0.2) is 40.9 Å². The SMILES string of the molecule is O=C(OB(O)O)OB(O)O.[H-].[H-].[K+].[K+]. The van der Waals surface area contributed by atoms with E-state index in [1.807, 2.05) is 0 Å². The van der Waals surface area contributed by atoms with Gasteiger partial charge in [-0.3, -0.25) is 0 Å². The molecular formula is CH6B2K2O7. The van der Waals surface area contributed by atoms with Crippen molar-refractivity contribution in [3.05, 3.63) is 0 Å².